The molecule has 2 saturated heterocycles. The summed E-state index contributed by atoms with van der Waals surface area (Å²) in [4.78, 5) is 29.1. The summed E-state index contributed by atoms with van der Waals surface area (Å²) in [5.74, 6) is -0.724. The van der Waals surface area contributed by atoms with E-state index < -0.39 is 80.7 Å². The van der Waals surface area contributed by atoms with Crippen LogP contribution in [0.2, 0.25) is 5.04 Å². The fourth-order valence-electron chi connectivity index (χ4n) is 7.53. The molecule has 2 aliphatic heterocycles. The first-order chi connectivity index (χ1) is 27.0. The molecule has 3 N–H and O–H groups in total. The number of ether oxygens (including phenoxy) is 7. The van der Waals surface area contributed by atoms with Crippen molar-refractivity contribution in [1.82, 2.24) is 0 Å². The molecule has 5 unspecified atom stereocenters. The normalized spacial score (nSPS) is 28.4. The maximum absolute atomic E-state index is 13.3. The Kier molecular flexibility index (Phi) is 18.2. The van der Waals surface area contributed by atoms with Crippen LogP contribution in [0.25, 0.3) is 10.4 Å². The number of hydrogen-bond acceptors (Lipinski definition) is 12. The Hall–Kier alpha value is -2.92. The molecule has 0 aliphatic carbocycles. The van der Waals surface area contributed by atoms with E-state index in [0.717, 1.165) is 29.6 Å². The van der Waals surface area contributed by atoms with Crippen LogP contribution in [0.3, 0.4) is 0 Å². The number of esters is 1. The molecule has 56 heavy (non-hydrogen) atoms. The molecular weight excluding hydrogens is 739 g/mol. The summed E-state index contributed by atoms with van der Waals surface area (Å²) in [7, 11) is -2.21. The van der Waals surface area contributed by atoms with Crippen molar-refractivity contribution in [2.24, 2.45) is 5.11 Å². The highest BCUT2D eigenvalue weighted by Gasteiger charge is 2.55. The summed E-state index contributed by atoms with van der Waals surface area (Å²) < 4.78 is 43.0. The van der Waals surface area contributed by atoms with Crippen molar-refractivity contribution in [3.8, 4) is 0 Å². The molecule has 0 bridgehead atoms. The average molecular weight is 802 g/mol. The van der Waals surface area contributed by atoms with Gasteiger partial charge in [-0.1, -0.05) is 120 Å². The molecule has 312 valence electrons. The summed E-state index contributed by atoms with van der Waals surface area (Å²) in [5, 5.41) is 28.1. The van der Waals surface area contributed by atoms with E-state index in [1.54, 1.807) is 0 Å². The fraction of sp³-hybridized carbons (Fsp3) is 0.683. The van der Waals surface area contributed by atoms with Crippen LogP contribution in [0.5, 0.6) is 0 Å². The number of azide groups is 1. The topological polar surface area (TPSA) is 191 Å². The summed E-state index contributed by atoms with van der Waals surface area (Å²) in [5.41, 5.74) is 9.56. The summed E-state index contributed by atoms with van der Waals surface area (Å²) in [6, 6.07) is 18.1. The first-order valence-corrected chi connectivity index (χ1v) is 22.1. The maximum Gasteiger partial charge on any atom is 0.337 e. The molecule has 2 aromatic rings. The van der Waals surface area contributed by atoms with Crippen molar-refractivity contribution in [3.05, 3.63) is 71.1 Å². The molecule has 2 heterocycles. The number of unbranched alkanes of at least 4 members (excludes halogenated alkanes) is 3. The highest BCUT2D eigenvalue weighted by molar-refractivity contribution is 6.98. The highest BCUT2D eigenvalue weighted by Crippen LogP contribution is 2.43. The van der Waals surface area contributed by atoms with Gasteiger partial charge in [-0.05, 0) is 53.0 Å². The van der Waals surface area contributed by atoms with Crippen molar-refractivity contribution < 1.29 is 53.0 Å². The van der Waals surface area contributed by atoms with Gasteiger partial charge in [0.1, 0.15) is 30.5 Å². The number of hydrogen-bond donors (Lipinski definition) is 3. The standard InChI is InChI=1S/C41H63N3O11Si/c1-7-10-25-50-34-31(43-44-42)38(46)53-30(23-24-41(4,5)56(48,28-19-15-13-16-20-28)29-21-17-14-18-22-29)33(34)54-40-32(45)35(51-26-11-8-2)36(52-27-12-9-3)37(55-40)39(47)49-6/h13-22,30-38,40,45-46,48H,7-12,23-27H2,1-6H3/t30?,31-,32-,33-,34?,35?,36-,37?,38?,40+/m0/s1. The summed E-state index contributed by atoms with van der Waals surface area (Å²) >= 11 is 0. The second kappa shape index (κ2) is 22.3. The number of methoxy groups -OCH3 is 1. The SMILES string of the molecule is CCCCOC1[C@H](N=[N+]=[N-])C(O)OC(CCC(C)(C)[Si](O)(c2ccccc2)c2ccccc2)[C@@H]1O[C@@H]1OC(C(=O)OC)[C@@H](OCCCC)C(OCCCC)[C@@H]1O. The number of carbonyl (C=O) groups excluding carboxylic acids is 1. The van der Waals surface area contributed by atoms with Gasteiger partial charge >= 0.3 is 5.97 Å². The van der Waals surface area contributed by atoms with Crippen LogP contribution in [-0.2, 0) is 38.0 Å². The third-order valence-corrected chi connectivity index (χ3v) is 15.4. The van der Waals surface area contributed by atoms with E-state index in [1.807, 2.05) is 95.3 Å². The number of carbonyl (C=O) groups is 1. The van der Waals surface area contributed by atoms with E-state index in [2.05, 4.69) is 10.0 Å². The third-order valence-electron chi connectivity index (χ3n) is 10.9. The Labute approximate surface area is 332 Å². The van der Waals surface area contributed by atoms with Crippen LogP contribution in [-0.4, -0.2) is 118 Å². The number of rotatable bonds is 22. The highest BCUT2D eigenvalue weighted by atomic mass is 28.4. The van der Waals surface area contributed by atoms with Gasteiger partial charge in [0.25, 0.3) is 8.32 Å². The minimum absolute atomic E-state index is 0.253. The Morgan fingerprint density at radius 2 is 1.34 bits per heavy atom. The van der Waals surface area contributed by atoms with Gasteiger partial charge in [-0.3, -0.25) is 0 Å². The Morgan fingerprint density at radius 1 is 0.821 bits per heavy atom. The minimum Gasteiger partial charge on any atom is -0.467 e. The predicted octanol–water partition coefficient (Wildman–Crippen LogP) is 4.90. The second-order valence-electron chi connectivity index (χ2n) is 15.2. The zero-order chi connectivity index (χ0) is 40.7. The van der Waals surface area contributed by atoms with Gasteiger partial charge in [0.15, 0.2) is 18.7 Å². The molecule has 0 saturated carbocycles. The summed E-state index contributed by atoms with van der Waals surface area (Å²) in [6.07, 6.45) is -5.59. The van der Waals surface area contributed by atoms with E-state index in [4.69, 9.17) is 33.2 Å². The minimum atomic E-state index is -3.45. The molecule has 4 rings (SSSR count). The molecule has 2 aromatic carbocycles. The van der Waals surface area contributed by atoms with Gasteiger partial charge < -0.3 is 48.2 Å². The molecule has 2 fully saturated rings. The summed E-state index contributed by atoms with van der Waals surface area (Å²) in [6.45, 7) is 10.9. The molecule has 10 atom stereocenters. The van der Waals surface area contributed by atoms with Crippen molar-refractivity contribution >= 4 is 24.7 Å². The van der Waals surface area contributed by atoms with Gasteiger partial charge in [-0.15, -0.1) is 0 Å². The van der Waals surface area contributed by atoms with Crippen LogP contribution in [0, 0.1) is 0 Å². The fourth-order valence-corrected chi connectivity index (χ4v) is 11.3. The lowest BCUT2D eigenvalue weighted by atomic mass is 9.91. The molecule has 0 radical (unpaired) electrons. The zero-order valence-corrected chi connectivity index (χ0v) is 34.8. The predicted molar refractivity (Wildman–Crippen MR) is 213 cm³/mol. The third kappa shape index (κ3) is 11.0. The molecule has 0 spiro atoms. The molecule has 14 nitrogen and oxygen atoms in total. The zero-order valence-electron chi connectivity index (χ0n) is 33.8. The molecule has 15 heteroatoms. The van der Waals surface area contributed by atoms with Gasteiger partial charge in [0.2, 0.25) is 0 Å². The molecular formula is C41H63N3O11Si. The van der Waals surface area contributed by atoms with E-state index in [1.165, 1.54) is 7.11 Å². The Bertz CT molecular complexity index is 1460. The lowest BCUT2D eigenvalue weighted by Crippen LogP contribution is -2.66. The first-order valence-electron chi connectivity index (χ1n) is 20.1. The van der Waals surface area contributed by atoms with Crippen molar-refractivity contribution in [2.45, 2.75) is 152 Å². The maximum atomic E-state index is 13.3. The van der Waals surface area contributed by atoms with Crippen molar-refractivity contribution in [3.63, 3.8) is 0 Å². The van der Waals surface area contributed by atoms with E-state index >= 15 is 0 Å². The van der Waals surface area contributed by atoms with Gasteiger partial charge in [0.05, 0.1) is 19.3 Å². The average Bonchev–Trinajstić information content (AvgIpc) is 3.21. The Balaban J connectivity index is 1.74. The smallest absolute Gasteiger partial charge is 0.337 e. The van der Waals surface area contributed by atoms with E-state index in [0.29, 0.717) is 38.9 Å². The van der Waals surface area contributed by atoms with E-state index in [-0.39, 0.29) is 13.0 Å². The molecule has 2 aliphatic rings. The number of aliphatic hydroxyl groups excluding tert-OH is 2. The van der Waals surface area contributed by atoms with Crippen LogP contribution < -0.4 is 10.4 Å². The second-order valence-corrected chi connectivity index (χ2v) is 19.2. The lowest BCUT2D eigenvalue weighted by Gasteiger charge is -2.48. The largest absolute Gasteiger partial charge is 0.467 e. The quantitative estimate of drug-likeness (QED) is 0.0367. The number of nitrogens with zero attached hydrogens (tertiary/aromatic N) is 3. The Morgan fingerprint density at radius 3 is 1.84 bits per heavy atom. The van der Waals surface area contributed by atoms with Crippen LogP contribution in [0.15, 0.2) is 65.8 Å². The van der Waals surface area contributed by atoms with Crippen LogP contribution >= 0.6 is 0 Å². The monoisotopic (exact) mass is 801 g/mol. The van der Waals surface area contributed by atoms with Crippen molar-refractivity contribution in [2.75, 3.05) is 26.9 Å². The van der Waals surface area contributed by atoms with Gasteiger partial charge in [0, 0.05) is 24.7 Å². The number of benzene rings is 2. The van der Waals surface area contributed by atoms with Gasteiger partial charge in [-0.25, -0.2) is 4.79 Å². The van der Waals surface area contributed by atoms with Crippen LogP contribution in [0.4, 0.5) is 0 Å². The number of aliphatic hydroxyl groups is 2. The molecule has 0 amide bonds. The van der Waals surface area contributed by atoms with Gasteiger partial charge in [-0.2, -0.15) is 0 Å². The molecule has 0 aromatic heterocycles. The van der Waals surface area contributed by atoms with E-state index in [9.17, 15) is 25.3 Å². The lowest BCUT2D eigenvalue weighted by molar-refractivity contribution is -0.347. The van der Waals surface area contributed by atoms with Crippen LogP contribution in [0.1, 0.15) is 86.0 Å². The first kappa shape index (κ1) is 45.8. The van der Waals surface area contributed by atoms with Crippen molar-refractivity contribution in [1.29, 1.82) is 0 Å².